The van der Waals surface area contributed by atoms with E-state index in [9.17, 15) is 0 Å². The molecule has 20 heavy (non-hydrogen) atoms. The Morgan fingerprint density at radius 2 is 2.20 bits per heavy atom. The van der Waals surface area contributed by atoms with Crippen molar-refractivity contribution in [3.05, 3.63) is 29.1 Å². The van der Waals surface area contributed by atoms with Crippen LogP contribution in [0.5, 0.6) is 0 Å². The van der Waals surface area contributed by atoms with E-state index in [4.69, 9.17) is 4.98 Å². The van der Waals surface area contributed by atoms with Crippen molar-refractivity contribution in [2.24, 2.45) is 0 Å². The highest BCUT2D eigenvalue weighted by Crippen LogP contribution is 2.32. The summed E-state index contributed by atoms with van der Waals surface area (Å²) >= 11 is 0. The van der Waals surface area contributed by atoms with E-state index in [0.29, 0.717) is 6.04 Å². The molecule has 3 nitrogen and oxygen atoms in total. The van der Waals surface area contributed by atoms with E-state index in [1.54, 1.807) is 0 Å². The zero-order valence-corrected chi connectivity index (χ0v) is 12.9. The smallest absolute Gasteiger partial charge is 0.124 e. The molecule has 1 unspecified atom stereocenters. The number of benzene rings is 1. The molecule has 0 bridgehead atoms. The van der Waals surface area contributed by atoms with Gasteiger partial charge in [0.2, 0.25) is 0 Å². The van der Waals surface area contributed by atoms with Crippen molar-refractivity contribution in [3.8, 4) is 0 Å². The molecule has 2 aromatic rings. The van der Waals surface area contributed by atoms with Gasteiger partial charge in [-0.15, -0.1) is 0 Å². The Balaban J connectivity index is 1.98. The van der Waals surface area contributed by atoms with Gasteiger partial charge < -0.3 is 4.98 Å². The van der Waals surface area contributed by atoms with Crippen LogP contribution < -0.4 is 0 Å². The second-order valence-electron chi connectivity index (χ2n) is 5.92. The van der Waals surface area contributed by atoms with Crippen LogP contribution in [0.2, 0.25) is 0 Å². The fourth-order valence-corrected chi connectivity index (χ4v) is 3.50. The SMILES string of the molecule is CCCN1CCCC1c1nc2c(C)c(CC)ccc2[nH]1. The third-order valence-electron chi connectivity index (χ3n) is 4.61. The Bertz CT molecular complexity index is 600. The summed E-state index contributed by atoms with van der Waals surface area (Å²) in [4.78, 5) is 11.1. The predicted molar refractivity (Wildman–Crippen MR) is 84.0 cm³/mol. The number of aromatic nitrogens is 2. The van der Waals surface area contributed by atoms with E-state index in [0.717, 1.165) is 6.42 Å². The molecule has 0 amide bonds. The Hall–Kier alpha value is -1.35. The molecule has 1 aliphatic rings. The molecular formula is C17H25N3. The van der Waals surface area contributed by atoms with Crippen molar-refractivity contribution in [2.75, 3.05) is 13.1 Å². The van der Waals surface area contributed by atoms with Crippen molar-refractivity contribution >= 4 is 11.0 Å². The second-order valence-corrected chi connectivity index (χ2v) is 5.92. The molecule has 0 aliphatic carbocycles. The number of hydrogen-bond donors (Lipinski definition) is 1. The molecule has 1 aromatic carbocycles. The maximum atomic E-state index is 4.94. The average Bonchev–Trinajstić information content (AvgIpc) is 3.06. The number of aromatic amines is 1. The van der Waals surface area contributed by atoms with Crippen molar-refractivity contribution < 1.29 is 0 Å². The Morgan fingerprint density at radius 3 is 2.95 bits per heavy atom. The van der Waals surface area contributed by atoms with Gasteiger partial charge in [0.1, 0.15) is 5.82 Å². The molecule has 1 atom stereocenters. The lowest BCUT2D eigenvalue weighted by Crippen LogP contribution is -2.24. The highest BCUT2D eigenvalue weighted by molar-refractivity contribution is 5.80. The van der Waals surface area contributed by atoms with Crippen molar-refractivity contribution in [3.63, 3.8) is 0 Å². The number of imidazole rings is 1. The van der Waals surface area contributed by atoms with E-state index < -0.39 is 0 Å². The Kier molecular flexibility index (Phi) is 3.79. The first-order valence-electron chi connectivity index (χ1n) is 7.96. The van der Waals surface area contributed by atoms with Crippen LogP contribution in [-0.4, -0.2) is 28.0 Å². The van der Waals surface area contributed by atoms with Crippen LogP contribution in [0.4, 0.5) is 0 Å². The standard InChI is InChI=1S/C17H25N3/c1-4-10-20-11-6-7-15(20)17-18-14-9-8-13(5-2)12(3)16(14)19-17/h8-9,15H,4-7,10-11H2,1-3H3,(H,18,19). The number of nitrogens with one attached hydrogen (secondary N) is 1. The van der Waals surface area contributed by atoms with E-state index in [1.807, 2.05) is 0 Å². The number of fused-ring (bicyclic) bond motifs is 1. The summed E-state index contributed by atoms with van der Waals surface area (Å²) in [5, 5.41) is 0. The number of hydrogen-bond acceptors (Lipinski definition) is 2. The molecule has 1 fully saturated rings. The molecule has 2 heterocycles. The highest BCUT2D eigenvalue weighted by atomic mass is 15.2. The van der Waals surface area contributed by atoms with Crippen LogP contribution in [0.15, 0.2) is 12.1 Å². The molecular weight excluding hydrogens is 246 g/mol. The summed E-state index contributed by atoms with van der Waals surface area (Å²) in [5.41, 5.74) is 5.11. The molecule has 3 rings (SSSR count). The van der Waals surface area contributed by atoms with Crippen LogP contribution in [0.3, 0.4) is 0 Å². The van der Waals surface area contributed by atoms with E-state index in [-0.39, 0.29) is 0 Å². The topological polar surface area (TPSA) is 31.9 Å². The van der Waals surface area contributed by atoms with Gasteiger partial charge in [-0.2, -0.15) is 0 Å². The first-order chi connectivity index (χ1) is 9.74. The molecule has 1 aromatic heterocycles. The molecule has 0 spiro atoms. The summed E-state index contributed by atoms with van der Waals surface area (Å²) in [5.74, 6) is 1.17. The van der Waals surface area contributed by atoms with Gasteiger partial charge in [0.25, 0.3) is 0 Å². The average molecular weight is 271 g/mol. The van der Waals surface area contributed by atoms with Gasteiger partial charge in [0.05, 0.1) is 17.1 Å². The van der Waals surface area contributed by atoms with Crippen LogP contribution in [-0.2, 0) is 6.42 Å². The predicted octanol–water partition coefficient (Wildman–Crippen LogP) is 3.98. The second kappa shape index (κ2) is 5.57. The Morgan fingerprint density at radius 1 is 1.35 bits per heavy atom. The molecule has 1 N–H and O–H groups in total. The lowest BCUT2D eigenvalue weighted by atomic mass is 10.1. The minimum atomic E-state index is 0.492. The van der Waals surface area contributed by atoms with E-state index in [1.165, 1.54) is 60.3 Å². The van der Waals surface area contributed by atoms with E-state index >= 15 is 0 Å². The number of likely N-dealkylation sites (tertiary alicyclic amines) is 1. The fourth-order valence-electron chi connectivity index (χ4n) is 3.50. The van der Waals surface area contributed by atoms with Gasteiger partial charge in [-0.1, -0.05) is 19.9 Å². The minimum absolute atomic E-state index is 0.492. The van der Waals surface area contributed by atoms with Crippen LogP contribution >= 0.6 is 0 Å². The molecule has 108 valence electrons. The fraction of sp³-hybridized carbons (Fsp3) is 0.588. The number of nitrogens with zero attached hydrogens (tertiary/aromatic N) is 2. The summed E-state index contributed by atoms with van der Waals surface area (Å²) < 4.78 is 0. The monoisotopic (exact) mass is 271 g/mol. The first-order valence-corrected chi connectivity index (χ1v) is 7.96. The van der Waals surface area contributed by atoms with Crippen LogP contribution in [0, 0.1) is 6.92 Å². The molecule has 1 aliphatic heterocycles. The number of rotatable bonds is 4. The third-order valence-corrected chi connectivity index (χ3v) is 4.61. The first kappa shape index (κ1) is 13.6. The van der Waals surface area contributed by atoms with Gasteiger partial charge in [-0.05, 0) is 62.9 Å². The minimum Gasteiger partial charge on any atom is -0.341 e. The summed E-state index contributed by atoms with van der Waals surface area (Å²) in [7, 11) is 0. The van der Waals surface area contributed by atoms with Crippen molar-refractivity contribution in [1.82, 2.24) is 14.9 Å². The van der Waals surface area contributed by atoms with Crippen LogP contribution in [0.25, 0.3) is 11.0 Å². The number of aryl methyl sites for hydroxylation is 2. The normalized spacial score (nSPS) is 20.1. The highest BCUT2D eigenvalue weighted by Gasteiger charge is 2.27. The molecule has 1 saturated heterocycles. The molecule has 0 saturated carbocycles. The van der Waals surface area contributed by atoms with Gasteiger partial charge >= 0.3 is 0 Å². The van der Waals surface area contributed by atoms with Gasteiger partial charge in [-0.3, -0.25) is 4.90 Å². The van der Waals surface area contributed by atoms with Gasteiger partial charge in [0, 0.05) is 0 Å². The maximum Gasteiger partial charge on any atom is 0.124 e. The maximum absolute atomic E-state index is 4.94. The lowest BCUT2D eigenvalue weighted by Gasteiger charge is -2.21. The zero-order chi connectivity index (χ0) is 14.1. The quantitative estimate of drug-likeness (QED) is 0.912. The van der Waals surface area contributed by atoms with Gasteiger partial charge in [0.15, 0.2) is 0 Å². The summed E-state index contributed by atoms with van der Waals surface area (Å²) in [6.07, 6.45) is 4.82. The van der Waals surface area contributed by atoms with E-state index in [2.05, 4.69) is 42.8 Å². The largest absolute Gasteiger partial charge is 0.341 e. The summed E-state index contributed by atoms with van der Waals surface area (Å²) in [6, 6.07) is 4.92. The van der Waals surface area contributed by atoms with Crippen molar-refractivity contribution in [2.45, 2.75) is 52.5 Å². The zero-order valence-electron chi connectivity index (χ0n) is 12.9. The van der Waals surface area contributed by atoms with Gasteiger partial charge in [-0.25, -0.2) is 4.98 Å². The molecule has 0 radical (unpaired) electrons. The van der Waals surface area contributed by atoms with Crippen molar-refractivity contribution in [1.29, 1.82) is 0 Å². The lowest BCUT2D eigenvalue weighted by molar-refractivity contribution is 0.250. The third kappa shape index (κ3) is 2.24. The van der Waals surface area contributed by atoms with Crippen LogP contribution in [0.1, 0.15) is 56.1 Å². The molecule has 3 heteroatoms. The number of H-pyrrole nitrogens is 1. The Labute approximate surface area is 121 Å². The summed E-state index contributed by atoms with van der Waals surface area (Å²) in [6.45, 7) is 9.06.